The minimum absolute atomic E-state index is 0.0784. The number of nitrogens with one attached hydrogen (secondary N) is 1. The quantitative estimate of drug-likeness (QED) is 0.576. The lowest BCUT2D eigenvalue weighted by Crippen LogP contribution is -2.43. The molecule has 1 unspecified atom stereocenters. The van der Waals surface area contributed by atoms with Crippen LogP contribution in [0.25, 0.3) is 16.9 Å². The van der Waals surface area contributed by atoms with Crippen molar-refractivity contribution < 1.29 is 17.9 Å². The van der Waals surface area contributed by atoms with Gasteiger partial charge in [-0.15, -0.1) is 0 Å². The van der Waals surface area contributed by atoms with Crippen LogP contribution in [0.5, 0.6) is 5.75 Å². The Kier molecular flexibility index (Phi) is 6.80. The minimum atomic E-state index is -3.26. The molecule has 0 bridgehead atoms. The summed E-state index contributed by atoms with van der Waals surface area (Å²) < 4.78 is 32.5. The number of likely N-dealkylation sites (tertiary alicyclic amines) is 1. The number of carbonyl (C=O) groups excluding carboxylic acids is 1. The van der Waals surface area contributed by atoms with E-state index >= 15 is 0 Å². The molecule has 2 aromatic carbocycles. The molecule has 33 heavy (non-hydrogen) atoms. The summed E-state index contributed by atoms with van der Waals surface area (Å²) in [7, 11) is -1.64. The molecule has 3 aromatic rings. The van der Waals surface area contributed by atoms with Crippen molar-refractivity contribution in [2.75, 3.05) is 33.0 Å². The van der Waals surface area contributed by atoms with E-state index < -0.39 is 10.0 Å². The van der Waals surface area contributed by atoms with Crippen molar-refractivity contribution in [3.63, 3.8) is 0 Å². The summed E-state index contributed by atoms with van der Waals surface area (Å²) in [5, 5.41) is 4.67. The van der Waals surface area contributed by atoms with E-state index in [0.29, 0.717) is 25.3 Å². The molecule has 0 radical (unpaired) electrons. The van der Waals surface area contributed by atoms with Gasteiger partial charge in [0.1, 0.15) is 5.75 Å². The Morgan fingerprint density at radius 1 is 1.15 bits per heavy atom. The maximum Gasteiger partial charge on any atom is 0.274 e. The number of para-hydroxylation sites is 1. The topological polar surface area (TPSA) is 93.5 Å². The van der Waals surface area contributed by atoms with Crippen molar-refractivity contribution in [1.29, 1.82) is 0 Å². The summed E-state index contributed by atoms with van der Waals surface area (Å²) in [4.78, 5) is 15.1. The molecular formula is C24H28N4O4S. The Hall–Kier alpha value is -3.17. The standard InChI is InChI=1S/C24H28N4O4S/c1-32-21-12-10-19(11-13-21)23-15-22(26-28(23)20-8-4-3-5-9-20)24(29)27-14-6-7-18(17-27)16-25-33(2,30)31/h3-5,8-13,15,18,25H,6-7,14,16-17H2,1-2H3. The number of aromatic nitrogens is 2. The van der Waals surface area contributed by atoms with Gasteiger partial charge in [0.05, 0.1) is 24.7 Å². The average Bonchev–Trinajstić information content (AvgIpc) is 3.28. The number of carbonyl (C=O) groups is 1. The lowest BCUT2D eigenvalue weighted by Gasteiger charge is -2.32. The molecule has 1 N–H and O–H groups in total. The van der Waals surface area contributed by atoms with Crippen molar-refractivity contribution >= 4 is 15.9 Å². The highest BCUT2D eigenvalue weighted by Crippen LogP contribution is 2.27. The largest absolute Gasteiger partial charge is 0.497 e. The molecule has 174 valence electrons. The van der Waals surface area contributed by atoms with Crippen LogP contribution >= 0.6 is 0 Å². The summed E-state index contributed by atoms with van der Waals surface area (Å²) in [6.07, 6.45) is 2.85. The van der Waals surface area contributed by atoms with Gasteiger partial charge in [0, 0.05) is 25.2 Å². The maximum absolute atomic E-state index is 13.4. The van der Waals surface area contributed by atoms with Crippen molar-refractivity contribution in [1.82, 2.24) is 19.4 Å². The molecule has 2 heterocycles. The van der Waals surface area contributed by atoms with Gasteiger partial charge in [-0.1, -0.05) is 18.2 Å². The van der Waals surface area contributed by atoms with Crippen molar-refractivity contribution in [3.05, 3.63) is 66.4 Å². The second-order valence-corrected chi connectivity index (χ2v) is 10.1. The zero-order valence-corrected chi connectivity index (χ0v) is 19.6. The maximum atomic E-state index is 13.4. The summed E-state index contributed by atoms with van der Waals surface area (Å²) >= 11 is 0. The van der Waals surface area contributed by atoms with Crippen LogP contribution in [-0.2, 0) is 10.0 Å². The van der Waals surface area contributed by atoms with E-state index in [4.69, 9.17) is 4.74 Å². The number of rotatable bonds is 7. The van der Waals surface area contributed by atoms with Crippen LogP contribution in [0.3, 0.4) is 0 Å². The smallest absolute Gasteiger partial charge is 0.274 e. The van der Waals surface area contributed by atoms with E-state index in [1.165, 1.54) is 0 Å². The number of benzene rings is 2. The Balaban J connectivity index is 1.62. The van der Waals surface area contributed by atoms with Crippen molar-refractivity contribution in [3.8, 4) is 22.7 Å². The lowest BCUT2D eigenvalue weighted by molar-refractivity contribution is 0.0670. The second-order valence-electron chi connectivity index (χ2n) is 8.27. The van der Waals surface area contributed by atoms with Gasteiger partial charge < -0.3 is 9.64 Å². The molecule has 1 fully saturated rings. The van der Waals surface area contributed by atoms with Crippen LogP contribution < -0.4 is 9.46 Å². The van der Waals surface area contributed by atoms with Gasteiger partial charge in [-0.3, -0.25) is 4.79 Å². The number of hydrogen-bond donors (Lipinski definition) is 1. The molecule has 1 saturated heterocycles. The summed E-state index contributed by atoms with van der Waals surface area (Å²) in [6, 6.07) is 19.1. The van der Waals surface area contributed by atoms with Gasteiger partial charge in [-0.25, -0.2) is 17.8 Å². The lowest BCUT2D eigenvalue weighted by atomic mass is 9.98. The Labute approximate surface area is 194 Å². The van der Waals surface area contributed by atoms with Crippen LogP contribution in [0.2, 0.25) is 0 Å². The first-order chi connectivity index (χ1) is 15.8. The molecule has 1 aliphatic heterocycles. The van der Waals surface area contributed by atoms with E-state index in [9.17, 15) is 13.2 Å². The third kappa shape index (κ3) is 5.61. The monoisotopic (exact) mass is 468 g/mol. The van der Waals surface area contributed by atoms with E-state index in [1.54, 1.807) is 16.7 Å². The SMILES string of the molecule is COc1ccc(-c2cc(C(=O)N3CCCC(CNS(C)(=O)=O)C3)nn2-c2ccccc2)cc1. The third-order valence-electron chi connectivity index (χ3n) is 5.76. The Morgan fingerprint density at radius 2 is 1.88 bits per heavy atom. The first kappa shape index (κ1) is 23.0. The van der Waals surface area contributed by atoms with Gasteiger partial charge in [-0.05, 0) is 61.2 Å². The van der Waals surface area contributed by atoms with Crippen LogP contribution in [0, 0.1) is 5.92 Å². The fraction of sp³-hybridized carbons (Fsp3) is 0.333. The molecule has 0 aliphatic carbocycles. The van der Waals surface area contributed by atoms with Gasteiger partial charge in [-0.2, -0.15) is 5.10 Å². The summed E-state index contributed by atoms with van der Waals surface area (Å²) in [5.74, 6) is 0.682. The number of piperidine rings is 1. The molecule has 1 aromatic heterocycles. The third-order valence-corrected chi connectivity index (χ3v) is 6.45. The van der Waals surface area contributed by atoms with Crippen LogP contribution in [-0.4, -0.2) is 62.0 Å². The fourth-order valence-corrected chi connectivity index (χ4v) is 4.60. The number of sulfonamides is 1. The molecule has 9 heteroatoms. The summed E-state index contributed by atoms with van der Waals surface area (Å²) in [5.41, 5.74) is 2.94. The highest BCUT2D eigenvalue weighted by atomic mass is 32.2. The highest BCUT2D eigenvalue weighted by Gasteiger charge is 2.27. The van der Waals surface area contributed by atoms with Gasteiger partial charge >= 0.3 is 0 Å². The molecule has 4 rings (SSSR count). The second kappa shape index (κ2) is 9.76. The molecule has 1 amide bonds. The Morgan fingerprint density at radius 3 is 2.55 bits per heavy atom. The summed E-state index contributed by atoms with van der Waals surface area (Å²) in [6.45, 7) is 1.46. The normalized spacial score (nSPS) is 16.5. The van der Waals surface area contributed by atoms with Gasteiger partial charge in [0.25, 0.3) is 5.91 Å². The van der Waals surface area contributed by atoms with Crippen LogP contribution in [0.15, 0.2) is 60.7 Å². The first-order valence-corrected chi connectivity index (χ1v) is 12.8. The van der Waals surface area contributed by atoms with Crippen LogP contribution in [0.4, 0.5) is 0 Å². The van der Waals surface area contributed by atoms with E-state index in [1.807, 2.05) is 60.7 Å². The molecule has 0 saturated carbocycles. The van der Waals surface area contributed by atoms with E-state index in [-0.39, 0.29) is 11.8 Å². The predicted molar refractivity (Wildman–Crippen MR) is 127 cm³/mol. The van der Waals surface area contributed by atoms with Gasteiger partial charge in [0.2, 0.25) is 10.0 Å². The zero-order chi connectivity index (χ0) is 23.4. The number of methoxy groups -OCH3 is 1. The van der Waals surface area contributed by atoms with Gasteiger partial charge in [0.15, 0.2) is 5.69 Å². The molecule has 1 aliphatic rings. The molecule has 8 nitrogen and oxygen atoms in total. The number of nitrogens with zero attached hydrogens (tertiary/aromatic N) is 3. The number of ether oxygens (including phenoxy) is 1. The molecule has 0 spiro atoms. The predicted octanol–water partition coefficient (Wildman–Crippen LogP) is 2.95. The number of amides is 1. The minimum Gasteiger partial charge on any atom is -0.497 e. The molecular weight excluding hydrogens is 440 g/mol. The van der Waals surface area contributed by atoms with E-state index in [0.717, 1.165) is 41.8 Å². The molecule has 1 atom stereocenters. The van der Waals surface area contributed by atoms with Crippen molar-refractivity contribution in [2.45, 2.75) is 12.8 Å². The number of hydrogen-bond acceptors (Lipinski definition) is 5. The highest BCUT2D eigenvalue weighted by molar-refractivity contribution is 7.88. The average molecular weight is 469 g/mol. The fourth-order valence-electron chi connectivity index (χ4n) is 4.07. The van der Waals surface area contributed by atoms with Crippen LogP contribution in [0.1, 0.15) is 23.3 Å². The Bertz CT molecular complexity index is 1210. The van der Waals surface area contributed by atoms with E-state index in [2.05, 4.69) is 9.82 Å². The zero-order valence-electron chi connectivity index (χ0n) is 18.8. The first-order valence-electron chi connectivity index (χ1n) is 10.9. The van der Waals surface area contributed by atoms with Crippen molar-refractivity contribution in [2.24, 2.45) is 5.92 Å².